The third-order valence-electron chi connectivity index (χ3n) is 3.18. The smallest absolute Gasteiger partial charge is 0.270 e. The molecule has 1 aromatic heterocycles. The van der Waals surface area contributed by atoms with Crippen LogP contribution in [0.4, 0.5) is 5.69 Å². The molecule has 0 aliphatic rings. The number of halogens is 1. The highest BCUT2D eigenvalue weighted by molar-refractivity contribution is 6.33. The van der Waals surface area contributed by atoms with Crippen molar-refractivity contribution in [1.82, 2.24) is 5.32 Å². The van der Waals surface area contributed by atoms with E-state index in [0.29, 0.717) is 16.3 Å². The van der Waals surface area contributed by atoms with Crippen LogP contribution in [0.2, 0.25) is 5.02 Å². The predicted molar refractivity (Wildman–Crippen MR) is 82.5 cm³/mol. The molecule has 0 bridgehead atoms. The largest absolute Gasteiger partial charge is 0.459 e. The van der Waals surface area contributed by atoms with E-state index < -0.39 is 4.92 Å². The Morgan fingerprint density at radius 1 is 1.38 bits per heavy atom. The molecule has 2 aromatic rings. The van der Waals surface area contributed by atoms with E-state index in [1.165, 1.54) is 12.1 Å². The molecule has 1 aromatic carbocycles. The quantitative estimate of drug-likeness (QED) is 0.627. The topological polar surface area (TPSA) is 68.3 Å². The third-order valence-corrected chi connectivity index (χ3v) is 3.50. The van der Waals surface area contributed by atoms with E-state index in [2.05, 4.69) is 12.2 Å². The van der Waals surface area contributed by atoms with Crippen molar-refractivity contribution in [3.8, 4) is 11.3 Å². The normalized spacial score (nSPS) is 12.3. The maximum absolute atomic E-state index is 10.7. The van der Waals surface area contributed by atoms with E-state index in [9.17, 15) is 10.1 Å². The van der Waals surface area contributed by atoms with E-state index in [1.807, 2.05) is 19.1 Å². The first-order valence-corrected chi connectivity index (χ1v) is 7.18. The first-order valence-electron chi connectivity index (χ1n) is 6.80. The van der Waals surface area contributed by atoms with Gasteiger partial charge in [0.25, 0.3) is 5.69 Å². The lowest BCUT2D eigenvalue weighted by Crippen LogP contribution is -2.18. The lowest BCUT2D eigenvalue weighted by atomic mass is 10.1. The summed E-state index contributed by atoms with van der Waals surface area (Å²) in [6.45, 7) is 5.04. The Morgan fingerprint density at radius 2 is 2.14 bits per heavy atom. The van der Waals surface area contributed by atoms with Gasteiger partial charge in [-0.1, -0.05) is 18.5 Å². The van der Waals surface area contributed by atoms with E-state index >= 15 is 0 Å². The van der Waals surface area contributed by atoms with Crippen molar-refractivity contribution in [2.24, 2.45) is 0 Å². The number of nitrogens with one attached hydrogen (secondary N) is 1. The minimum absolute atomic E-state index is 0.0338. The van der Waals surface area contributed by atoms with Gasteiger partial charge in [0.2, 0.25) is 0 Å². The zero-order chi connectivity index (χ0) is 15.4. The number of nitro benzene ring substituents is 1. The van der Waals surface area contributed by atoms with Gasteiger partial charge >= 0.3 is 0 Å². The highest BCUT2D eigenvalue weighted by Crippen LogP contribution is 2.33. The Labute approximate surface area is 128 Å². The zero-order valence-corrected chi connectivity index (χ0v) is 12.7. The zero-order valence-electron chi connectivity index (χ0n) is 11.9. The number of nitrogens with zero attached hydrogens (tertiary/aromatic N) is 1. The van der Waals surface area contributed by atoms with Crippen molar-refractivity contribution in [1.29, 1.82) is 0 Å². The molecule has 0 saturated carbocycles. The summed E-state index contributed by atoms with van der Waals surface area (Å²) in [7, 11) is 0. The molecule has 0 aliphatic heterocycles. The maximum atomic E-state index is 10.7. The van der Waals surface area contributed by atoms with Crippen LogP contribution >= 0.6 is 11.6 Å². The molecule has 0 aliphatic carbocycles. The van der Waals surface area contributed by atoms with Crippen LogP contribution in [0.5, 0.6) is 0 Å². The van der Waals surface area contributed by atoms with Crippen LogP contribution in [0.15, 0.2) is 34.7 Å². The highest BCUT2D eigenvalue weighted by Gasteiger charge is 2.15. The number of non-ortho nitro benzene ring substituents is 1. The molecule has 21 heavy (non-hydrogen) atoms. The summed E-state index contributed by atoms with van der Waals surface area (Å²) in [5, 5.41) is 14.4. The summed E-state index contributed by atoms with van der Waals surface area (Å²) >= 11 is 6.10. The van der Waals surface area contributed by atoms with Crippen molar-refractivity contribution in [2.75, 3.05) is 6.54 Å². The Balaban J connectivity index is 2.23. The second-order valence-corrected chi connectivity index (χ2v) is 5.21. The minimum atomic E-state index is -0.472. The summed E-state index contributed by atoms with van der Waals surface area (Å²) in [5.74, 6) is 1.42. The average molecular weight is 309 g/mol. The molecule has 2 rings (SSSR count). The minimum Gasteiger partial charge on any atom is -0.459 e. The molecular weight excluding hydrogens is 292 g/mol. The molecule has 1 unspecified atom stereocenters. The number of hydrogen-bond donors (Lipinski definition) is 1. The molecule has 0 spiro atoms. The van der Waals surface area contributed by atoms with Crippen LogP contribution in [0.25, 0.3) is 11.3 Å². The van der Waals surface area contributed by atoms with E-state index in [4.69, 9.17) is 16.0 Å². The van der Waals surface area contributed by atoms with Gasteiger partial charge in [0.1, 0.15) is 11.5 Å². The van der Waals surface area contributed by atoms with E-state index in [-0.39, 0.29) is 11.7 Å². The SMILES string of the molecule is CCCNC(C)c1ccc(-c2ccc([N+](=O)[O-])cc2Cl)o1. The van der Waals surface area contributed by atoms with Gasteiger partial charge in [0.15, 0.2) is 0 Å². The van der Waals surface area contributed by atoms with Crippen molar-refractivity contribution in [2.45, 2.75) is 26.3 Å². The summed E-state index contributed by atoms with van der Waals surface area (Å²) in [4.78, 5) is 10.2. The first kappa shape index (κ1) is 15.5. The fraction of sp³-hybridized carbons (Fsp3) is 0.333. The molecule has 0 saturated heterocycles. The van der Waals surface area contributed by atoms with Gasteiger partial charge in [0.05, 0.1) is 16.0 Å². The fourth-order valence-electron chi connectivity index (χ4n) is 2.01. The van der Waals surface area contributed by atoms with Crippen molar-refractivity contribution < 1.29 is 9.34 Å². The Morgan fingerprint density at radius 3 is 2.76 bits per heavy atom. The predicted octanol–water partition coefficient (Wildman–Crippen LogP) is 4.57. The average Bonchev–Trinajstić information content (AvgIpc) is 2.94. The third kappa shape index (κ3) is 3.62. The van der Waals surface area contributed by atoms with Gasteiger partial charge < -0.3 is 9.73 Å². The monoisotopic (exact) mass is 308 g/mol. The molecule has 1 N–H and O–H groups in total. The van der Waals surface area contributed by atoms with Crippen molar-refractivity contribution in [3.63, 3.8) is 0 Å². The Kier molecular flexibility index (Phi) is 4.98. The second kappa shape index (κ2) is 6.74. The van der Waals surface area contributed by atoms with Crippen molar-refractivity contribution >= 4 is 17.3 Å². The standard InChI is InChI=1S/C15H17ClN2O3/c1-3-8-17-10(2)14-6-7-15(21-14)12-5-4-11(18(19)20)9-13(12)16/h4-7,9-10,17H,3,8H2,1-2H3. The van der Waals surface area contributed by atoms with Crippen LogP contribution in [0, 0.1) is 10.1 Å². The molecule has 1 heterocycles. The van der Waals surface area contributed by atoms with Gasteiger partial charge in [-0.05, 0) is 38.1 Å². The summed E-state index contributed by atoms with van der Waals surface area (Å²) in [5.41, 5.74) is 0.615. The summed E-state index contributed by atoms with van der Waals surface area (Å²) < 4.78 is 5.79. The molecule has 6 heteroatoms. The van der Waals surface area contributed by atoms with Crippen LogP contribution in [-0.2, 0) is 0 Å². The number of benzene rings is 1. The van der Waals surface area contributed by atoms with Gasteiger partial charge in [0, 0.05) is 17.7 Å². The highest BCUT2D eigenvalue weighted by atomic mass is 35.5. The first-order chi connectivity index (χ1) is 10.0. The molecule has 0 amide bonds. The van der Waals surface area contributed by atoms with Gasteiger partial charge in [-0.2, -0.15) is 0 Å². The maximum Gasteiger partial charge on any atom is 0.270 e. The summed E-state index contributed by atoms with van der Waals surface area (Å²) in [6.07, 6.45) is 1.05. The van der Waals surface area contributed by atoms with E-state index in [1.54, 1.807) is 6.07 Å². The molecule has 0 fully saturated rings. The molecule has 5 nitrogen and oxygen atoms in total. The lowest BCUT2D eigenvalue weighted by Gasteiger charge is -2.10. The van der Waals surface area contributed by atoms with Crippen LogP contribution in [-0.4, -0.2) is 11.5 Å². The number of furan rings is 1. The number of nitro groups is 1. The van der Waals surface area contributed by atoms with E-state index in [0.717, 1.165) is 18.7 Å². The molecule has 1 atom stereocenters. The number of rotatable bonds is 6. The molecule has 112 valence electrons. The van der Waals surface area contributed by atoms with Gasteiger partial charge in [-0.25, -0.2) is 0 Å². The van der Waals surface area contributed by atoms with Crippen LogP contribution < -0.4 is 5.32 Å². The van der Waals surface area contributed by atoms with Crippen LogP contribution in [0.1, 0.15) is 32.1 Å². The summed E-state index contributed by atoms with van der Waals surface area (Å²) in [6, 6.07) is 8.18. The number of hydrogen-bond acceptors (Lipinski definition) is 4. The molecular formula is C15H17ClN2O3. The molecule has 0 radical (unpaired) electrons. The fourth-order valence-corrected chi connectivity index (χ4v) is 2.28. The Hall–Kier alpha value is -1.85. The second-order valence-electron chi connectivity index (χ2n) is 4.80. The Bertz CT molecular complexity index is 640. The van der Waals surface area contributed by atoms with Gasteiger partial charge in [-0.3, -0.25) is 10.1 Å². The van der Waals surface area contributed by atoms with Gasteiger partial charge in [-0.15, -0.1) is 0 Å². The van der Waals surface area contributed by atoms with Crippen molar-refractivity contribution in [3.05, 3.63) is 51.2 Å². The van der Waals surface area contributed by atoms with Crippen LogP contribution in [0.3, 0.4) is 0 Å². The lowest BCUT2D eigenvalue weighted by molar-refractivity contribution is -0.384.